The number of hydrogen-bond donors (Lipinski definition) is 0. The first-order valence-electron chi connectivity index (χ1n) is 5.68. The third kappa shape index (κ3) is 3.21. The number of nitrogens with zero attached hydrogens (tertiary/aromatic N) is 2. The van der Waals surface area contributed by atoms with E-state index >= 15 is 0 Å². The molecular formula is C13H8BrF3N2O2. The van der Waals surface area contributed by atoms with Crippen LogP contribution in [0, 0.1) is 0 Å². The van der Waals surface area contributed by atoms with Crippen molar-refractivity contribution in [1.82, 2.24) is 9.78 Å². The van der Waals surface area contributed by atoms with Crippen molar-refractivity contribution in [3.05, 3.63) is 56.4 Å². The lowest BCUT2D eigenvalue weighted by molar-refractivity contribution is -0.137. The summed E-state index contributed by atoms with van der Waals surface area (Å²) in [6.45, 7) is 1.16. The predicted octanol–water partition coefficient (Wildman–Crippen LogP) is 3.22. The van der Waals surface area contributed by atoms with Crippen LogP contribution >= 0.6 is 15.9 Å². The maximum absolute atomic E-state index is 12.7. The van der Waals surface area contributed by atoms with Crippen molar-refractivity contribution in [2.24, 2.45) is 0 Å². The summed E-state index contributed by atoms with van der Waals surface area (Å²) in [7, 11) is 0. The maximum atomic E-state index is 12.7. The van der Waals surface area contributed by atoms with E-state index < -0.39 is 23.0 Å². The first-order valence-corrected chi connectivity index (χ1v) is 6.47. The number of aromatic nitrogens is 2. The SMILES string of the molecule is CC(=O)c1nn(-c2cccc(C(F)(F)F)c2)cc(Br)c1=O. The van der Waals surface area contributed by atoms with E-state index in [4.69, 9.17) is 0 Å². The van der Waals surface area contributed by atoms with Crippen LogP contribution in [0.3, 0.4) is 0 Å². The first-order chi connectivity index (χ1) is 9.70. The van der Waals surface area contributed by atoms with Gasteiger partial charge < -0.3 is 0 Å². The van der Waals surface area contributed by atoms with Crippen molar-refractivity contribution in [3.8, 4) is 5.69 Å². The van der Waals surface area contributed by atoms with Crippen molar-refractivity contribution in [2.45, 2.75) is 13.1 Å². The van der Waals surface area contributed by atoms with Gasteiger partial charge in [0.2, 0.25) is 5.43 Å². The molecule has 110 valence electrons. The largest absolute Gasteiger partial charge is 0.416 e. The molecule has 0 fully saturated rings. The number of halogens is 4. The maximum Gasteiger partial charge on any atom is 0.416 e. The Balaban J connectivity index is 2.63. The Labute approximate surface area is 125 Å². The zero-order chi connectivity index (χ0) is 15.8. The van der Waals surface area contributed by atoms with Crippen LogP contribution in [-0.4, -0.2) is 15.6 Å². The summed E-state index contributed by atoms with van der Waals surface area (Å²) in [4.78, 5) is 23.0. The molecular weight excluding hydrogens is 353 g/mol. The van der Waals surface area contributed by atoms with Crippen LogP contribution in [0.25, 0.3) is 5.69 Å². The Hall–Kier alpha value is -1.96. The number of carbonyl (C=O) groups is 1. The van der Waals surface area contributed by atoms with Crippen molar-refractivity contribution >= 4 is 21.7 Å². The van der Waals surface area contributed by atoms with Crippen molar-refractivity contribution in [3.63, 3.8) is 0 Å². The molecule has 0 aliphatic rings. The molecule has 1 aromatic carbocycles. The Morgan fingerprint density at radius 3 is 2.57 bits per heavy atom. The van der Waals surface area contributed by atoms with Gasteiger partial charge in [0.1, 0.15) is 0 Å². The summed E-state index contributed by atoms with van der Waals surface area (Å²) in [6, 6.07) is 4.42. The van der Waals surface area contributed by atoms with Crippen molar-refractivity contribution in [1.29, 1.82) is 0 Å². The number of ketones is 1. The van der Waals surface area contributed by atoms with Gasteiger partial charge in [-0.1, -0.05) is 6.07 Å². The third-order valence-corrected chi connectivity index (χ3v) is 3.21. The van der Waals surface area contributed by atoms with Gasteiger partial charge in [-0.05, 0) is 34.1 Å². The Morgan fingerprint density at radius 2 is 2.00 bits per heavy atom. The van der Waals surface area contributed by atoms with Gasteiger partial charge in [-0.3, -0.25) is 9.59 Å². The summed E-state index contributed by atoms with van der Waals surface area (Å²) in [5.74, 6) is -0.568. The molecule has 0 bridgehead atoms. The second kappa shape index (κ2) is 5.44. The smallest absolute Gasteiger partial charge is 0.293 e. The molecule has 1 aromatic heterocycles. The number of carbonyl (C=O) groups excluding carboxylic acids is 1. The van der Waals surface area contributed by atoms with Gasteiger partial charge in [-0.25, -0.2) is 4.68 Å². The number of alkyl halides is 3. The van der Waals surface area contributed by atoms with Crippen LogP contribution in [0.4, 0.5) is 13.2 Å². The van der Waals surface area contributed by atoms with Crippen molar-refractivity contribution < 1.29 is 18.0 Å². The minimum absolute atomic E-state index is 0.0418. The molecule has 0 saturated heterocycles. The zero-order valence-electron chi connectivity index (χ0n) is 10.6. The van der Waals surface area contributed by atoms with E-state index in [1.54, 1.807) is 0 Å². The summed E-state index contributed by atoms with van der Waals surface area (Å²) >= 11 is 2.97. The topological polar surface area (TPSA) is 52.0 Å². The molecule has 0 aliphatic heterocycles. The fourth-order valence-electron chi connectivity index (χ4n) is 1.65. The Morgan fingerprint density at radius 1 is 1.33 bits per heavy atom. The molecule has 4 nitrogen and oxygen atoms in total. The Bertz CT molecular complexity index is 769. The highest BCUT2D eigenvalue weighted by Crippen LogP contribution is 2.30. The highest BCUT2D eigenvalue weighted by molar-refractivity contribution is 9.10. The molecule has 8 heteroatoms. The van der Waals surface area contributed by atoms with Crippen LogP contribution < -0.4 is 5.43 Å². The lowest BCUT2D eigenvalue weighted by Gasteiger charge is -2.11. The third-order valence-electron chi connectivity index (χ3n) is 2.65. The van der Waals surface area contributed by atoms with Crippen molar-refractivity contribution in [2.75, 3.05) is 0 Å². The molecule has 0 radical (unpaired) electrons. The van der Waals surface area contributed by atoms with E-state index in [2.05, 4.69) is 21.0 Å². The fraction of sp³-hybridized carbons (Fsp3) is 0.154. The van der Waals surface area contributed by atoms with E-state index in [0.29, 0.717) is 0 Å². The standard InChI is InChI=1S/C13H8BrF3N2O2/c1-7(20)11-12(21)10(14)6-19(18-11)9-4-2-3-8(5-9)13(15,16)17/h2-6H,1H3. The van der Waals surface area contributed by atoms with Gasteiger partial charge in [0.25, 0.3) is 0 Å². The molecule has 0 spiro atoms. The molecule has 1 heterocycles. The van der Waals surface area contributed by atoms with Gasteiger partial charge in [-0.15, -0.1) is 0 Å². The summed E-state index contributed by atoms with van der Waals surface area (Å²) in [5.41, 5.74) is -1.71. The molecule has 21 heavy (non-hydrogen) atoms. The van der Waals surface area contributed by atoms with Gasteiger partial charge in [0.05, 0.1) is 15.7 Å². The minimum atomic E-state index is -4.49. The van der Waals surface area contributed by atoms with Crippen LogP contribution in [0.5, 0.6) is 0 Å². The molecule has 0 atom stereocenters. The normalized spacial score (nSPS) is 11.5. The monoisotopic (exact) mass is 360 g/mol. The zero-order valence-corrected chi connectivity index (χ0v) is 12.2. The van der Waals surface area contributed by atoms with Crippen LogP contribution in [0.2, 0.25) is 0 Å². The molecule has 2 rings (SSSR count). The Kier molecular flexibility index (Phi) is 3.99. The molecule has 0 unspecified atom stereocenters. The van der Waals surface area contributed by atoms with Crippen LogP contribution in [-0.2, 0) is 6.18 Å². The lowest BCUT2D eigenvalue weighted by atomic mass is 10.2. The van der Waals surface area contributed by atoms with Gasteiger partial charge in [0, 0.05) is 13.1 Å². The molecule has 0 aliphatic carbocycles. The first kappa shape index (κ1) is 15.4. The summed E-state index contributed by atoms with van der Waals surface area (Å²) < 4.78 is 39.2. The van der Waals surface area contributed by atoms with Crippen LogP contribution in [0.1, 0.15) is 23.0 Å². The lowest BCUT2D eigenvalue weighted by Crippen LogP contribution is -2.21. The summed E-state index contributed by atoms with van der Waals surface area (Å²) in [6.07, 6.45) is -3.28. The van der Waals surface area contributed by atoms with E-state index in [1.807, 2.05) is 0 Å². The van der Waals surface area contributed by atoms with Gasteiger partial charge >= 0.3 is 6.18 Å². The van der Waals surface area contributed by atoms with Gasteiger partial charge in [-0.2, -0.15) is 18.3 Å². The van der Waals surface area contributed by atoms with Crippen LogP contribution in [0.15, 0.2) is 39.7 Å². The number of rotatable bonds is 2. The highest BCUT2D eigenvalue weighted by atomic mass is 79.9. The van der Waals surface area contributed by atoms with E-state index in [0.717, 1.165) is 23.7 Å². The highest BCUT2D eigenvalue weighted by Gasteiger charge is 2.30. The number of benzene rings is 1. The number of Topliss-reactive ketones (excluding diaryl/α,β-unsaturated/α-hetero) is 1. The van der Waals surface area contributed by atoms with E-state index in [9.17, 15) is 22.8 Å². The second-order valence-corrected chi connectivity index (χ2v) is 5.06. The van der Waals surface area contributed by atoms with Gasteiger partial charge in [0.15, 0.2) is 11.5 Å². The molecule has 0 N–H and O–H groups in total. The van der Waals surface area contributed by atoms with E-state index in [1.165, 1.54) is 18.3 Å². The minimum Gasteiger partial charge on any atom is -0.293 e. The molecule has 0 saturated carbocycles. The second-order valence-electron chi connectivity index (χ2n) is 4.20. The average Bonchev–Trinajstić information content (AvgIpc) is 2.40. The fourth-order valence-corrected chi connectivity index (χ4v) is 2.03. The average molecular weight is 361 g/mol. The predicted molar refractivity (Wildman–Crippen MR) is 72.5 cm³/mol. The quantitative estimate of drug-likeness (QED) is 0.772. The summed E-state index contributed by atoms with van der Waals surface area (Å²) in [5, 5.41) is 3.78. The number of hydrogen-bond acceptors (Lipinski definition) is 3. The molecule has 2 aromatic rings. The molecule has 0 amide bonds. The van der Waals surface area contributed by atoms with E-state index in [-0.39, 0.29) is 15.9 Å².